The number of benzene rings is 2. The summed E-state index contributed by atoms with van der Waals surface area (Å²) in [5.41, 5.74) is 1.41. The van der Waals surface area contributed by atoms with Crippen LogP contribution in [-0.4, -0.2) is 30.7 Å². The van der Waals surface area contributed by atoms with Crippen LogP contribution in [0.15, 0.2) is 60.8 Å². The highest BCUT2D eigenvalue weighted by molar-refractivity contribution is 6.03. The van der Waals surface area contributed by atoms with Crippen LogP contribution < -0.4 is 5.32 Å². The van der Waals surface area contributed by atoms with E-state index in [0.717, 1.165) is 22.6 Å². The molecule has 2 aromatic carbocycles. The minimum absolute atomic E-state index is 0.122. The molecule has 0 aliphatic carbocycles. The predicted octanol–water partition coefficient (Wildman–Crippen LogP) is 4.34. The molecule has 0 saturated carbocycles. The molecule has 0 atom stereocenters. The molecule has 0 saturated heterocycles. The van der Waals surface area contributed by atoms with Gasteiger partial charge in [0.15, 0.2) is 5.69 Å². The maximum Gasteiger partial charge on any atom is 0.418 e. The second kappa shape index (κ2) is 7.71. The molecule has 4 rings (SSSR count). The van der Waals surface area contributed by atoms with Crippen molar-refractivity contribution in [3.8, 4) is 11.4 Å². The van der Waals surface area contributed by atoms with E-state index in [2.05, 4.69) is 20.7 Å². The first-order chi connectivity index (χ1) is 14.8. The monoisotopic (exact) mass is 426 g/mol. The number of hydrogen-bond acceptors (Lipinski definition) is 4. The molecule has 2 aromatic heterocycles. The van der Waals surface area contributed by atoms with Crippen LogP contribution in [0.5, 0.6) is 0 Å². The predicted molar refractivity (Wildman–Crippen MR) is 107 cm³/mol. The summed E-state index contributed by atoms with van der Waals surface area (Å²) < 4.78 is 42.4. The first-order valence-corrected chi connectivity index (χ1v) is 9.27. The lowest BCUT2D eigenvalue weighted by atomic mass is 10.1. The number of nitrogens with zero attached hydrogens (tertiary/aromatic N) is 5. The standard InChI is InChI=1S/C21H17F3N6O/c1-13-19(14(2)30(27-13)15-8-4-3-5-9-15)25-20(31)17-12-29(28-26-17)18-11-7-6-10-16(18)21(22,23)24/h3-12H,1-2H3,(H,25,31). The van der Waals surface area contributed by atoms with Crippen LogP contribution >= 0.6 is 0 Å². The van der Waals surface area contributed by atoms with Gasteiger partial charge in [-0.25, -0.2) is 9.36 Å². The summed E-state index contributed by atoms with van der Waals surface area (Å²) in [6.45, 7) is 3.55. The molecule has 1 N–H and O–H groups in total. The van der Waals surface area contributed by atoms with Crippen molar-refractivity contribution in [3.63, 3.8) is 0 Å². The topological polar surface area (TPSA) is 77.6 Å². The van der Waals surface area contributed by atoms with Gasteiger partial charge in [-0.3, -0.25) is 4.79 Å². The van der Waals surface area contributed by atoms with Gasteiger partial charge in [-0.05, 0) is 38.1 Å². The number of carbonyl (C=O) groups excluding carboxylic acids is 1. The third-order valence-corrected chi connectivity index (χ3v) is 4.71. The van der Waals surface area contributed by atoms with Crippen LogP contribution in [0.2, 0.25) is 0 Å². The molecule has 0 aliphatic rings. The lowest BCUT2D eigenvalue weighted by molar-refractivity contribution is -0.137. The molecule has 158 valence electrons. The maximum absolute atomic E-state index is 13.3. The fourth-order valence-corrected chi connectivity index (χ4v) is 3.22. The van der Waals surface area contributed by atoms with Crippen molar-refractivity contribution in [1.82, 2.24) is 24.8 Å². The zero-order valence-electron chi connectivity index (χ0n) is 16.6. The van der Waals surface area contributed by atoms with E-state index in [-0.39, 0.29) is 11.4 Å². The van der Waals surface area contributed by atoms with Gasteiger partial charge in [-0.15, -0.1) is 5.10 Å². The summed E-state index contributed by atoms with van der Waals surface area (Å²) >= 11 is 0. The Morgan fingerprint density at radius 2 is 1.68 bits per heavy atom. The summed E-state index contributed by atoms with van der Waals surface area (Å²) in [5.74, 6) is -0.602. The first kappa shape index (κ1) is 20.3. The zero-order valence-corrected chi connectivity index (χ0v) is 16.6. The van der Waals surface area contributed by atoms with Crippen LogP contribution in [0.3, 0.4) is 0 Å². The molecular formula is C21H17F3N6O. The van der Waals surface area contributed by atoms with Crippen LogP contribution in [0.25, 0.3) is 11.4 Å². The highest BCUT2D eigenvalue weighted by Crippen LogP contribution is 2.33. The number of hydrogen-bond donors (Lipinski definition) is 1. The zero-order chi connectivity index (χ0) is 22.2. The highest BCUT2D eigenvalue weighted by atomic mass is 19.4. The van der Waals surface area contributed by atoms with E-state index in [0.29, 0.717) is 17.1 Å². The van der Waals surface area contributed by atoms with E-state index >= 15 is 0 Å². The minimum atomic E-state index is -4.56. The van der Waals surface area contributed by atoms with Crippen LogP contribution in [0.4, 0.5) is 18.9 Å². The van der Waals surface area contributed by atoms with Gasteiger partial charge >= 0.3 is 6.18 Å². The average molecular weight is 426 g/mol. The number of aryl methyl sites for hydroxylation is 1. The van der Waals surface area contributed by atoms with E-state index in [4.69, 9.17) is 0 Å². The van der Waals surface area contributed by atoms with Gasteiger partial charge in [0, 0.05) is 0 Å². The summed E-state index contributed by atoms with van der Waals surface area (Å²) in [7, 11) is 0. The number of para-hydroxylation sites is 2. The van der Waals surface area contributed by atoms with E-state index in [9.17, 15) is 18.0 Å². The number of rotatable bonds is 4. The molecule has 7 nitrogen and oxygen atoms in total. The fraction of sp³-hybridized carbons (Fsp3) is 0.143. The Morgan fingerprint density at radius 1 is 1.00 bits per heavy atom. The number of amides is 1. The maximum atomic E-state index is 13.3. The van der Waals surface area contributed by atoms with Crippen LogP contribution in [0, 0.1) is 13.8 Å². The van der Waals surface area contributed by atoms with Gasteiger partial charge in [-0.1, -0.05) is 35.5 Å². The summed E-state index contributed by atoms with van der Waals surface area (Å²) in [6, 6.07) is 14.4. The third kappa shape index (κ3) is 3.91. The van der Waals surface area contributed by atoms with Gasteiger partial charge in [0.05, 0.1) is 40.2 Å². The molecule has 31 heavy (non-hydrogen) atoms. The van der Waals surface area contributed by atoms with Crippen LogP contribution in [-0.2, 0) is 6.18 Å². The van der Waals surface area contributed by atoms with E-state index in [1.54, 1.807) is 18.5 Å². The Labute approximate surface area is 175 Å². The molecule has 1 amide bonds. The van der Waals surface area contributed by atoms with Gasteiger partial charge in [0.25, 0.3) is 5.91 Å². The molecule has 10 heteroatoms. The third-order valence-electron chi connectivity index (χ3n) is 4.71. The Balaban J connectivity index is 1.61. The van der Waals surface area contributed by atoms with E-state index in [1.165, 1.54) is 18.2 Å². The highest BCUT2D eigenvalue weighted by Gasteiger charge is 2.34. The van der Waals surface area contributed by atoms with Gasteiger partial charge < -0.3 is 5.32 Å². The number of anilines is 1. The lowest BCUT2D eigenvalue weighted by Gasteiger charge is -2.11. The molecule has 0 fully saturated rings. The smallest absolute Gasteiger partial charge is 0.317 e. The molecule has 0 aliphatic heterocycles. The van der Waals surface area contributed by atoms with Crippen molar-refractivity contribution < 1.29 is 18.0 Å². The van der Waals surface area contributed by atoms with Crippen LogP contribution in [0.1, 0.15) is 27.4 Å². The van der Waals surface area contributed by atoms with Crippen molar-refractivity contribution in [2.24, 2.45) is 0 Å². The fourth-order valence-electron chi connectivity index (χ4n) is 3.22. The largest absolute Gasteiger partial charge is 0.418 e. The van der Waals surface area contributed by atoms with Crippen molar-refractivity contribution in [2.45, 2.75) is 20.0 Å². The molecule has 0 bridgehead atoms. The van der Waals surface area contributed by atoms with E-state index in [1.807, 2.05) is 30.3 Å². The summed E-state index contributed by atoms with van der Waals surface area (Å²) in [4.78, 5) is 12.7. The van der Waals surface area contributed by atoms with Gasteiger partial charge in [0.1, 0.15) is 0 Å². The lowest BCUT2D eigenvalue weighted by Crippen LogP contribution is -2.14. The Kier molecular flexibility index (Phi) is 5.05. The minimum Gasteiger partial charge on any atom is -0.317 e. The molecule has 0 unspecified atom stereocenters. The SMILES string of the molecule is Cc1nn(-c2ccccc2)c(C)c1NC(=O)c1cn(-c2ccccc2C(F)(F)F)nn1. The van der Waals surface area contributed by atoms with Crippen molar-refractivity contribution in [2.75, 3.05) is 5.32 Å². The van der Waals surface area contributed by atoms with Gasteiger partial charge in [-0.2, -0.15) is 18.3 Å². The number of aromatic nitrogens is 5. The Hall–Kier alpha value is -3.95. The van der Waals surface area contributed by atoms with Gasteiger partial charge in [0.2, 0.25) is 0 Å². The summed E-state index contributed by atoms with van der Waals surface area (Å²) in [6.07, 6.45) is -3.41. The second-order valence-electron chi connectivity index (χ2n) is 6.81. The van der Waals surface area contributed by atoms with Crippen molar-refractivity contribution in [1.29, 1.82) is 0 Å². The van der Waals surface area contributed by atoms with Crippen molar-refractivity contribution in [3.05, 3.63) is 83.4 Å². The first-order valence-electron chi connectivity index (χ1n) is 9.27. The Bertz CT molecular complexity index is 1240. The molecule has 2 heterocycles. The summed E-state index contributed by atoms with van der Waals surface area (Å²) in [5, 5.41) is 14.6. The quantitative estimate of drug-likeness (QED) is 0.527. The molecular weight excluding hydrogens is 409 g/mol. The average Bonchev–Trinajstić information content (AvgIpc) is 3.35. The Morgan fingerprint density at radius 3 is 2.39 bits per heavy atom. The van der Waals surface area contributed by atoms with Crippen molar-refractivity contribution >= 4 is 11.6 Å². The molecule has 0 radical (unpaired) electrons. The number of halogens is 3. The number of alkyl halides is 3. The molecule has 4 aromatic rings. The normalized spacial score (nSPS) is 11.5. The second-order valence-corrected chi connectivity index (χ2v) is 6.81. The number of nitrogens with one attached hydrogen (secondary N) is 1. The number of carbonyl (C=O) groups is 1. The van der Waals surface area contributed by atoms with E-state index < -0.39 is 17.6 Å². The molecule has 0 spiro atoms.